The number of benzene rings is 2. The smallest absolute Gasteiger partial charge is 0.303 e. The summed E-state index contributed by atoms with van der Waals surface area (Å²) in [4.78, 5) is 13.0. The van der Waals surface area contributed by atoms with Crippen LogP contribution in [-0.4, -0.2) is 24.7 Å². The predicted octanol–water partition coefficient (Wildman–Crippen LogP) is 6.36. The van der Waals surface area contributed by atoms with E-state index in [9.17, 15) is 9.18 Å². The minimum atomic E-state index is -0.835. The number of hydrogen-bond donors (Lipinski definition) is 2. The molecule has 34 heavy (non-hydrogen) atoms. The molecule has 0 spiro atoms. The third-order valence-corrected chi connectivity index (χ3v) is 5.88. The molecule has 1 aliphatic heterocycles. The predicted molar refractivity (Wildman–Crippen MR) is 135 cm³/mol. The maximum atomic E-state index is 13.6. The first kappa shape index (κ1) is 25.1. The number of anilines is 2. The lowest BCUT2D eigenvalue weighted by Gasteiger charge is -2.34. The molecule has 2 N–H and O–H groups in total. The maximum Gasteiger partial charge on any atom is 0.303 e. The van der Waals surface area contributed by atoms with E-state index in [-0.39, 0.29) is 12.2 Å². The van der Waals surface area contributed by atoms with Crippen molar-refractivity contribution in [2.24, 2.45) is 0 Å². The first-order valence-corrected chi connectivity index (χ1v) is 11.6. The molecule has 0 amide bonds. The number of hydrogen-bond acceptors (Lipinski definition) is 4. The van der Waals surface area contributed by atoms with Crippen molar-refractivity contribution in [1.82, 2.24) is 5.32 Å². The van der Waals surface area contributed by atoms with Crippen molar-refractivity contribution in [2.75, 3.05) is 18.6 Å². The summed E-state index contributed by atoms with van der Waals surface area (Å²) in [5.74, 6) is -0.299. The van der Waals surface area contributed by atoms with Crippen molar-refractivity contribution < 1.29 is 19.0 Å². The standard InChI is InChI=1S/C28H33FN2O3/c1-20(29)18-24(9-5-4-6-10-27(32)33)30-19-23-12-11-22-8-7-17-31(28(22)21(23)2)25-13-15-26(34-3)16-14-25/h4-5,9,11-16,18,30H,6-8,10,17,19H2,1-3H3,(H,32,33)/b5-4+,20-18+,24-9+. The zero-order valence-electron chi connectivity index (χ0n) is 20.1. The fraction of sp³-hybridized carbons (Fsp3) is 0.321. The first-order valence-electron chi connectivity index (χ1n) is 11.6. The van der Waals surface area contributed by atoms with Crippen LogP contribution in [0.5, 0.6) is 5.75 Å². The number of rotatable bonds is 10. The van der Waals surface area contributed by atoms with E-state index in [0.29, 0.717) is 18.7 Å². The highest BCUT2D eigenvalue weighted by atomic mass is 19.1. The van der Waals surface area contributed by atoms with Gasteiger partial charge in [0.15, 0.2) is 0 Å². The van der Waals surface area contributed by atoms with E-state index in [1.54, 1.807) is 25.3 Å². The topological polar surface area (TPSA) is 61.8 Å². The SMILES string of the molecule is COc1ccc(N2CCCc3ccc(CNC(/C=C(\C)F)=C/C=C/CCC(=O)O)c(C)c32)cc1. The van der Waals surface area contributed by atoms with Gasteiger partial charge in [-0.3, -0.25) is 4.79 Å². The third-order valence-electron chi connectivity index (χ3n) is 5.88. The number of halogens is 1. The number of fused-ring (bicyclic) bond motifs is 1. The van der Waals surface area contributed by atoms with Crippen molar-refractivity contribution in [3.05, 3.63) is 88.9 Å². The van der Waals surface area contributed by atoms with Gasteiger partial charge in [0.2, 0.25) is 0 Å². The molecular formula is C28H33FN2O3. The lowest BCUT2D eigenvalue weighted by Crippen LogP contribution is -2.26. The zero-order chi connectivity index (χ0) is 24.5. The largest absolute Gasteiger partial charge is 0.497 e. The summed E-state index contributed by atoms with van der Waals surface area (Å²) in [5.41, 5.74) is 6.70. The summed E-state index contributed by atoms with van der Waals surface area (Å²) in [5, 5.41) is 12.1. The van der Waals surface area contributed by atoms with Crippen LogP contribution in [0.2, 0.25) is 0 Å². The minimum Gasteiger partial charge on any atom is -0.497 e. The van der Waals surface area contributed by atoms with Crippen LogP contribution in [-0.2, 0) is 17.8 Å². The summed E-state index contributed by atoms with van der Waals surface area (Å²) in [6.07, 6.45) is 9.39. The van der Waals surface area contributed by atoms with E-state index < -0.39 is 5.97 Å². The Labute approximate surface area is 201 Å². The molecule has 2 aromatic rings. The third kappa shape index (κ3) is 6.73. The molecule has 0 atom stereocenters. The van der Waals surface area contributed by atoms with Crippen LogP contribution in [0, 0.1) is 6.92 Å². The summed E-state index contributed by atoms with van der Waals surface area (Å²) in [6, 6.07) is 12.5. The molecule has 0 unspecified atom stereocenters. The highest BCUT2D eigenvalue weighted by Gasteiger charge is 2.22. The fourth-order valence-corrected chi connectivity index (χ4v) is 4.17. The van der Waals surface area contributed by atoms with Crippen LogP contribution in [0.25, 0.3) is 0 Å². The van der Waals surface area contributed by atoms with Crippen molar-refractivity contribution in [3.63, 3.8) is 0 Å². The van der Waals surface area contributed by atoms with E-state index in [0.717, 1.165) is 36.4 Å². The summed E-state index contributed by atoms with van der Waals surface area (Å²) >= 11 is 0. The molecule has 0 aromatic heterocycles. The van der Waals surface area contributed by atoms with E-state index in [4.69, 9.17) is 9.84 Å². The second-order valence-electron chi connectivity index (χ2n) is 8.38. The van der Waals surface area contributed by atoms with Gasteiger partial charge in [-0.05, 0) is 86.2 Å². The summed E-state index contributed by atoms with van der Waals surface area (Å²) in [7, 11) is 1.67. The number of allylic oxidation sites excluding steroid dienone is 5. The lowest BCUT2D eigenvalue weighted by molar-refractivity contribution is -0.136. The number of methoxy groups -OCH3 is 1. The normalized spacial score (nSPS) is 14.3. The van der Waals surface area contributed by atoms with Gasteiger partial charge in [-0.15, -0.1) is 0 Å². The molecule has 0 radical (unpaired) electrons. The summed E-state index contributed by atoms with van der Waals surface area (Å²) < 4.78 is 18.9. The molecule has 5 nitrogen and oxygen atoms in total. The Balaban J connectivity index is 1.80. The van der Waals surface area contributed by atoms with Gasteiger partial charge in [-0.2, -0.15) is 0 Å². The van der Waals surface area contributed by atoms with Gasteiger partial charge in [-0.1, -0.05) is 24.3 Å². The Kier molecular flexibility index (Phi) is 8.91. The number of nitrogens with one attached hydrogen (secondary N) is 1. The number of carbonyl (C=O) groups is 1. The van der Waals surface area contributed by atoms with Crippen LogP contribution < -0.4 is 15.0 Å². The molecule has 3 rings (SSSR count). The van der Waals surface area contributed by atoms with E-state index in [1.165, 1.54) is 29.8 Å². The number of aryl methyl sites for hydroxylation is 1. The molecule has 6 heteroatoms. The molecule has 0 fully saturated rings. The van der Waals surface area contributed by atoms with Gasteiger partial charge in [0.05, 0.1) is 12.9 Å². The quantitative estimate of drug-likeness (QED) is 0.401. The summed E-state index contributed by atoms with van der Waals surface area (Å²) in [6.45, 7) is 5.05. The van der Waals surface area contributed by atoms with Crippen LogP contribution in [0.4, 0.5) is 15.8 Å². The van der Waals surface area contributed by atoms with Crippen LogP contribution in [0.3, 0.4) is 0 Å². The van der Waals surface area contributed by atoms with Crippen LogP contribution in [0.1, 0.15) is 42.9 Å². The van der Waals surface area contributed by atoms with Crippen molar-refractivity contribution >= 4 is 17.3 Å². The van der Waals surface area contributed by atoms with E-state index in [1.807, 2.05) is 12.1 Å². The second-order valence-corrected chi connectivity index (χ2v) is 8.38. The lowest BCUT2D eigenvalue weighted by atomic mass is 9.94. The monoisotopic (exact) mass is 464 g/mol. The Morgan fingerprint density at radius 1 is 1.24 bits per heavy atom. The molecule has 1 heterocycles. The Morgan fingerprint density at radius 3 is 2.68 bits per heavy atom. The van der Waals surface area contributed by atoms with E-state index >= 15 is 0 Å². The highest BCUT2D eigenvalue weighted by molar-refractivity contribution is 5.72. The molecule has 0 saturated heterocycles. The molecule has 0 saturated carbocycles. The molecule has 1 aliphatic rings. The number of carboxylic acid groups (broad SMARTS) is 1. The van der Waals surface area contributed by atoms with Gasteiger partial charge in [0.25, 0.3) is 0 Å². The number of nitrogens with zero attached hydrogens (tertiary/aromatic N) is 1. The first-order chi connectivity index (χ1) is 16.4. The van der Waals surface area contributed by atoms with Crippen molar-refractivity contribution in [2.45, 2.75) is 46.1 Å². The van der Waals surface area contributed by atoms with Gasteiger partial charge in [-0.25, -0.2) is 4.39 Å². The number of carboxylic acids is 1. The average Bonchev–Trinajstić information content (AvgIpc) is 2.82. The zero-order valence-corrected chi connectivity index (χ0v) is 20.1. The molecule has 0 aliphatic carbocycles. The molecule has 0 bridgehead atoms. The molecule has 2 aromatic carbocycles. The van der Waals surface area contributed by atoms with E-state index in [2.05, 4.69) is 41.4 Å². The molecular weight excluding hydrogens is 431 g/mol. The van der Waals surface area contributed by atoms with Gasteiger partial charge in [0, 0.05) is 36.6 Å². The maximum absolute atomic E-state index is 13.6. The Hall–Kier alpha value is -3.54. The number of ether oxygens (including phenoxy) is 1. The minimum absolute atomic E-state index is 0.0735. The average molecular weight is 465 g/mol. The highest BCUT2D eigenvalue weighted by Crippen LogP contribution is 2.38. The van der Waals surface area contributed by atoms with Gasteiger partial charge in [0.1, 0.15) is 5.75 Å². The number of aliphatic carboxylic acids is 1. The van der Waals surface area contributed by atoms with Crippen molar-refractivity contribution in [3.8, 4) is 5.75 Å². The van der Waals surface area contributed by atoms with Crippen LogP contribution >= 0.6 is 0 Å². The van der Waals surface area contributed by atoms with Crippen molar-refractivity contribution in [1.29, 1.82) is 0 Å². The van der Waals surface area contributed by atoms with Gasteiger partial charge >= 0.3 is 5.97 Å². The Morgan fingerprint density at radius 2 is 2.00 bits per heavy atom. The second kappa shape index (κ2) is 12.1. The fourth-order valence-electron chi connectivity index (χ4n) is 4.17. The van der Waals surface area contributed by atoms with Gasteiger partial charge < -0.3 is 20.1 Å². The Bertz CT molecular complexity index is 1080. The molecule has 180 valence electrons. The van der Waals surface area contributed by atoms with Crippen LogP contribution in [0.15, 0.2) is 72.2 Å².